The summed E-state index contributed by atoms with van der Waals surface area (Å²) >= 11 is 1.67. The molecule has 2 aromatic carbocycles. The molecule has 1 N–H and O–H groups in total. The monoisotopic (exact) mass is 262 g/mol. The van der Waals surface area contributed by atoms with Gasteiger partial charge < -0.3 is 9.84 Å². The molecule has 0 bridgehead atoms. The second-order valence-electron chi connectivity index (χ2n) is 3.81. The molecule has 0 saturated heterocycles. The second kappa shape index (κ2) is 5.78. The molecule has 0 aliphatic heterocycles. The van der Waals surface area contributed by atoms with Gasteiger partial charge in [0.2, 0.25) is 0 Å². The van der Waals surface area contributed by atoms with Gasteiger partial charge in [-0.3, -0.25) is 0 Å². The summed E-state index contributed by atoms with van der Waals surface area (Å²) in [6.07, 6.45) is 1.99. The number of rotatable bonds is 5. The van der Waals surface area contributed by atoms with Gasteiger partial charge in [-0.2, -0.15) is 11.8 Å². The van der Waals surface area contributed by atoms with E-state index in [-0.39, 0.29) is 5.56 Å². The zero-order chi connectivity index (χ0) is 13.0. The van der Waals surface area contributed by atoms with Crippen molar-refractivity contribution in [3.05, 3.63) is 42.0 Å². The third-order valence-corrected chi connectivity index (χ3v) is 3.22. The van der Waals surface area contributed by atoms with Gasteiger partial charge in [0.1, 0.15) is 11.3 Å². The molecule has 0 unspecified atom stereocenters. The summed E-state index contributed by atoms with van der Waals surface area (Å²) in [5, 5.41) is 11.0. The van der Waals surface area contributed by atoms with E-state index in [1.165, 1.54) is 0 Å². The molecule has 3 nitrogen and oxygen atoms in total. The van der Waals surface area contributed by atoms with Crippen LogP contribution in [-0.4, -0.2) is 29.7 Å². The van der Waals surface area contributed by atoms with Gasteiger partial charge in [0.05, 0.1) is 6.61 Å². The first-order valence-corrected chi connectivity index (χ1v) is 7.00. The van der Waals surface area contributed by atoms with Crippen LogP contribution in [0.2, 0.25) is 0 Å². The standard InChI is InChI=1S/C14H14O3S/c1-18-9-8-17-12-7-6-10-4-2-3-5-11(10)13(12)14(15)16/h2-7H,8-9H2,1H3,(H,15,16). The predicted molar refractivity (Wildman–Crippen MR) is 74.8 cm³/mol. The van der Waals surface area contributed by atoms with E-state index in [0.29, 0.717) is 17.7 Å². The van der Waals surface area contributed by atoms with Crippen molar-refractivity contribution in [3.63, 3.8) is 0 Å². The van der Waals surface area contributed by atoms with E-state index in [4.69, 9.17) is 4.74 Å². The lowest BCUT2D eigenvalue weighted by Gasteiger charge is -2.11. The summed E-state index contributed by atoms with van der Waals surface area (Å²) in [5.74, 6) is 0.326. The van der Waals surface area contributed by atoms with Crippen LogP contribution in [0.15, 0.2) is 36.4 Å². The molecule has 0 aliphatic rings. The first-order chi connectivity index (χ1) is 8.74. The van der Waals surface area contributed by atoms with Crippen molar-refractivity contribution in [2.75, 3.05) is 18.6 Å². The summed E-state index contributed by atoms with van der Waals surface area (Å²) in [4.78, 5) is 11.4. The number of aromatic carboxylic acids is 1. The maximum Gasteiger partial charge on any atom is 0.340 e. The van der Waals surface area contributed by atoms with Gasteiger partial charge in [0.15, 0.2) is 0 Å². The Labute approximate surface area is 110 Å². The zero-order valence-corrected chi connectivity index (χ0v) is 10.9. The largest absolute Gasteiger partial charge is 0.492 e. The fourth-order valence-electron chi connectivity index (χ4n) is 1.83. The molecule has 0 heterocycles. The van der Waals surface area contributed by atoms with Crippen LogP contribution >= 0.6 is 11.8 Å². The molecule has 0 amide bonds. The highest BCUT2D eigenvalue weighted by molar-refractivity contribution is 7.98. The lowest BCUT2D eigenvalue weighted by Crippen LogP contribution is -2.06. The number of thioether (sulfide) groups is 1. The molecule has 0 spiro atoms. The third kappa shape index (κ3) is 2.59. The van der Waals surface area contributed by atoms with Crippen LogP contribution in [0.3, 0.4) is 0 Å². The average molecular weight is 262 g/mol. The first-order valence-electron chi connectivity index (χ1n) is 5.61. The highest BCUT2D eigenvalue weighted by atomic mass is 32.2. The predicted octanol–water partition coefficient (Wildman–Crippen LogP) is 3.28. The van der Waals surface area contributed by atoms with Crippen molar-refractivity contribution in [3.8, 4) is 5.75 Å². The SMILES string of the molecule is CSCCOc1ccc2ccccc2c1C(=O)O. The number of carboxylic acid groups (broad SMARTS) is 1. The summed E-state index contributed by atoms with van der Waals surface area (Å²) in [7, 11) is 0. The molecule has 0 radical (unpaired) electrons. The maximum absolute atomic E-state index is 11.4. The Hall–Kier alpha value is -1.68. The molecule has 94 valence electrons. The highest BCUT2D eigenvalue weighted by Crippen LogP contribution is 2.28. The molecular formula is C14H14O3S. The van der Waals surface area contributed by atoms with Crippen molar-refractivity contribution in [2.24, 2.45) is 0 Å². The van der Waals surface area contributed by atoms with E-state index >= 15 is 0 Å². The van der Waals surface area contributed by atoms with Gasteiger partial charge in [-0.05, 0) is 23.1 Å². The van der Waals surface area contributed by atoms with Crippen LogP contribution in [0.25, 0.3) is 10.8 Å². The molecule has 0 aromatic heterocycles. The number of fused-ring (bicyclic) bond motifs is 1. The van der Waals surface area contributed by atoms with Crippen molar-refractivity contribution < 1.29 is 14.6 Å². The number of carboxylic acids is 1. The van der Waals surface area contributed by atoms with Crippen molar-refractivity contribution in [1.82, 2.24) is 0 Å². The minimum Gasteiger partial charge on any atom is -0.492 e. The van der Waals surface area contributed by atoms with E-state index in [0.717, 1.165) is 11.1 Å². The molecule has 0 fully saturated rings. The Morgan fingerprint density at radius 1 is 1.28 bits per heavy atom. The van der Waals surface area contributed by atoms with Gasteiger partial charge in [-0.25, -0.2) is 4.79 Å². The van der Waals surface area contributed by atoms with Gasteiger partial charge in [0.25, 0.3) is 0 Å². The van der Waals surface area contributed by atoms with E-state index < -0.39 is 5.97 Å². The smallest absolute Gasteiger partial charge is 0.340 e. The fraction of sp³-hybridized carbons (Fsp3) is 0.214. The molecule has 4 heteroatoms. The summed E-state index contributed by atoms with van der Waals surface area (Å²) < 4.78 is 5.55. The topological polar surface area (TPSA) is 46.5 Å². The van der Waals surface area contributed by atoms with Gasteiger partial charge in [-0.15, -0.1) is 0 Å². The molecular weight excluding hydrogens is 248 g/mol. The van der Waals surface area contributed by atoms with E-state index in [1.807, 2.05) is 30.5 Å². The van der Waals surface area contributed by atoms with E-state index in [2.05, 4.69) is 0 Å². The maximum atomic E-state index is 11.4. The number of carbonyl (C=O) groups is 1. The van der Waals surface area contributed by atoms with Crippen molar-refractivity contribution in [1.29, 1.82) is 0 Å². The van der Waals surface area contributed by atoms with Crippen LogP contribution in [0.1, 0.15) is 10.4 Å². The third-order valence-electron chi connectivity index (χ3n) is 2.65. The molecule has 0 aliphatic carbocycles. The minimum absolute atomic E-state index is 0.245. The fourth-order valence-corrected chi connectivity index (χ4v) is 2.08. The van der Waals surface area contributed by atoms with E-state index in [1.54, 1.807) is 23.9 Å². The molecule has 2 aromatic rings. The molecule has 18 heavy (non-hydrogen) atoms. The number of hydrogen-bond donors (Lipinski definition) is 1. The molecule has 0 saturated carbocycles. The second-order valence-corrected chi connectivity index (χ2v) is 4.79. The van der Waals surface area contributed by atoms with Crippen molar-refractivity contribution >= 4 is 28.5 Å². The molecule has 2 rings (SSSR count). The Morgan fingerprint density at radius 2 is 2.06 bits per heavy atom. The van der Waals surface area contributed by atoms with Crippen LogP contribution in [0.4, 0.5) is 0 Å². The number of hydrogen-bond acceptors (Lipinski definition) is 3. The summed E-state index contributed by atoms with van der Waals surface area (Å²) in [6, 6.07) is 11.0. The number of ether oxygens (including phenoxy) is 1. The Morgan fingerprint density at radius 3 is 2.78 bits per heavy atom. The summed E-state index contributed by atoms with van der Waals surface area (Å²) in [5.41, 5.74) is 0.245. The normalized spacial score (nSPS) is 10.5. The average Bonchev–Trinajstić information content (AvgIpc) is 2.38. The molecule has 0 atom stereocenters. The lowest BCUT2D eigenvalue weighted by atomic mass is 10.0. The first kappa shape index (κ1) is 12.8. The lowest BCUT2D eigenvalue weighted by molar-refractivity contribution is 0.0695. The summed E-state index contributed by atoms with van der Waals surface area (Å²) in [6.45, 7) is 0.514. The van der Waals surface area contributed by atoms with E-state index in [9.17, 15) is 9.90 Å². The van der Waals surface area contributed by atoms with Gasteiger partial charge in [-0.1, -0.05) is 30.3 Å². The Balaban J connectivity index is 2.46. The minimum atomic E-state index is -0.953. The van der Waals surface area contributed by atoms with Crippen LogP contribution < -0.4 is 4.74 Å². The van der Waals surface area contributed by atoms with Crippen LogP contribution in [0.5, 0.6) is 5.75 Å². The van der Waals surface area contributed by atoms with Crippen molar-refractivity contribution in [2.45, 2.75) is 0 Å². The van der Waals surface area contributed by atoms with Gasteiger partial charge >= 0.3 is 5.97 Å². The van der Waals surface area contributed by atoms with Crippen LogP contribution in [-0.2, 0) is 0 Å². The Kier molecular flexibility index (Phi) is 4.10. The zero-order valence-electron chi connectivity index (χ0n) is 10.1. The van der Waals surface area contributed by atoms with Crippen LogP contribution in [0, 0.1) is 0 Å². The number of benzene rings is 2. The Bertz CT molecular complexity index is 566. The highest BCUT2D eigenvalue weighted by Gasteiger charge is 2.15. The quantitative estimate of drug-likeness (QED) is 0.840. The van der Waals surface area contributed by atoms with Gasteiger partial charge in [0, 0.05) is 5.75 Å².